The molecule has 104 valence electrons. The highest BCUT2D eigenvalue weighted by Gasteiger charge is 2.23. The monoisotopic (exact) mass is 331 g/mol. The van der Waals surface area contributed by atoms with Gasteiger partial charge in [0.15, 0.2) is 5.82 Å². The molecule has 1 aromatic carbocycles. The van der Waals surface area contributed by atoms with Gasteiger partial charge in [0.1, 0.15) is 0 Å². The van der Waals surface area contributed by atoms with Crippen LogP contribution in [-0.4, -0.2) is 28.8 Å². The van der Waals surface area contributed by atoms with E-state index in [9.17, 15) is 14.3 Å². The molecule has 2 atom stereocenters. The Labute approximate surface area is 118 Å². The van der Waals surface area contributed by atoms with Crippen molar-refractivity contribution in [1.82, 2.24) is 0 Å². The van der Waals surface area contributed by atoms with Crippen LogP contribution in [0.25, 0.3) is 0 Å². The normalized spacial score (nSPS) is 22.5. The van der Waals surface area contributed by atoms with Crippen molar-refractivity contribution in [2.75, 3.05) is 11.9 Å². The van der Waals surface area contributed by atoms with Crippen LogP contribution >= 0.6 is 15.9 Å². The molecule has 1 aromatic rings. The maximum Gasteiger partial charge on any atom is 0.336 e. The Morgan fingerprint density at radius 1 is 1.47 bits per heavy atom. The molecule has 0 saturated heterocycles. The highest BCUT2D eigenvalue weighted by Crippen LogP contribution is 2.29. The van der Waals surface area contributed by atoms with Crippen LogP contribution in [0.5, 0.6) is 0 Å². The van der Waals surface area contributed by atoms with Crippen molar-refractivity contribution in [2.45, 2.75) is 25.4 Å². The summed E-state index contributed by atoms with van der Waals surface area (Å²) in [7, 11) is 0. The van der Waals surface area contributed by atoms with E-state index in [-0.39, 0.29) is 21.8 Å². The third kappa shape index (κ3) is 3.25. The highest BCUT2D eigenvalue weighted by atomic mass is 79.9. The summed E-state index contributed by atoms with van der Waals surface area (Å²) in [4.78, 5) is 10.8. The first-order chi connectivity index (χ1) is 8.99. The summed E-state index contributed by atoms with van der Waals surface area (Å²) in [6.07, 6.45) is 2.18. The van der Waals surface area contributed by atoms with Crippen LogP contribution in [0.3, 0.4) is 0 Å². The maximum absolute atomic E-state index is 14.0. The quantitative estimate of drug-likeness (QED) is 0.793. The number of benzene rings is 1. The first kappa shape index (κ1) is 14.3. The number of aromatic carboxylic acids is 1. The summed E-state index contributed by atoms with van der Waals surface area (Å²) in [6, 6.07) is 2.79. The van der Waals surface area contributed by atoms with E-state index >= 15 is 0 Å². The Kier molecular flexibility index (Phi) is 4.42. The van der Waals surface area contributed by atoms with Gasteiger partial charge < -0.3 is 15.5 Å². The number of carbonyl (C=O) groups is 1. The van der Waals surface area contributed by atoms with Crippen molar-refractivity contribution in [1.29, 1.82) is 0 Å². The van der Waals surface area contributed by atoms with Crippen LogP contribution in [0.4, 0.5) is 10.1 Å². The number of hydrogen-bond acceptors (Lipinski definition) is 3. The molecule has 3 N–H and O–H groups in total. The number of aliphatic hydroxyl groups is 1. The number of anilines is 1. The fourth-order valence-electron chi connectivity index (χ4n) is 2.34. The summed E-state index contributed by atoms with van der Waals surface area (Å²) in [6.45, 7) is 0.576. The average Bonchev–Trinajstić information content (AvgIpc) is 2.76. The number of carboxylic acids is 1. The molecule has 2 rings (SSSR count). The van der Waals surface area contributed by atoms with Crippen LogP contribution in [0.2, 0.25) is 0 Å². The number of rotatable bonds is 4. The summed E-state index contributed by atoms with van der Waals surface area (Å²) < 4.78 is 13.9. The third-order valence-electron chi connectivity index (χ3n) is 3.41. The summed E-state index contributed by atoms with van der Waals surface area (Å²) in [5.74, 6) is -1.44. The third-order valence-corrected chi connectivity index (χ3v) is 4.18. The maximum atomic E-state index is 14.0. The molecule has 4 nitrogen and oxygen atoms in total. The van der Waals surface area contributed by atoms with Gasteiger partial charge in [0, 0.05) is 6.54 Å². The largest absolute Gasteiger partial charge is 0.478 e. The van der Waals surface area contributed by atoms with Gasteiger partial charge in [-0.25, -0.2) is 9.18 Å². The first-order valence-electron chi connectivity index (χ1n) is 6.12. The summed E-state index contributed by atoms with van der Waals surface area (Å²) in [5.41, 5.74) is 0.178. The van der Waals surface area contributed by atoms with E-state index in [1.807, 2.05) is 0 Å². The molecule has 1 saturated carbocycles. The summed E-state index contributed by atoms with van der Waals surface area (Å²) in [5, 5.41) is 21.3. The highest BCUT2D eigenvalue weighted by molar-refractivity contribution is 9.10. The average molecular weight is 332 g/mol. The number of nitrogens with one attached hydrogen (secondary N) is 1. The second kappa shape index (κ2) is 5.88. The zero-order valence-corrected chi connectivity index (χ0v) is 11.8. The number of hydrogen-bond donors (Lipinski definition) is 3. The molecular formula is C13H15BrFNO3. The lowest BCUT2D eigenvalue weighted by Gasteiger charge is -2.14. The van der Waals surface area contributed by atoms with Crippen LogP contribution in [0.1, 0.15) is 29.6 Å². The lowest BCUT2D eigenvalue weighted by molar-refractivity contribution is 0.0695. The van der Waals surface area contributed by atoms with Crippen molar-refractivity contribution >= 4 is 27.6 Å². The predicted molar refractivity (Wildman–Crippen MR) is 72.9 cm³/mol. The molecule has 19 heavy (non-hydrogen) atoms. The summed E-state index contributed by atoms with van der Waals surface area (Å²) >= 11 is 2.96. The predicted octanol–water partition coefficient (Wildman–Crippen LogP) is 2.86. The Hall–Kier alpha value is -1.14. The van der Waals surface area contributed by atoms with Gasteiger partial charge in [0.05, 0.1) is 21.8 Å². The van der Waals surface area contributed by atoms with E-state index in [0.29, 0.717) is 12.5 Å². The molecule has 1 aliphatic rings. The van der Waals surface area contributed by atoms with Gasteiger partial charge in [-0.15, -0.1) is 0 Å². The number of halogens is 2. The second-order valence-corrected chi connectivity index (χ2v) is 5.60. The van der Waals surface area contributed by atoms with Gasteiger partial charge in [-0.05, 0) is 53.2 Å². The van der Waals surface area contributed by atoms with Crippen LogP contribution < -0.4 is 5.32 Å². The number of aliphatic hydroxyl groups excluding tert-OH is 1. The van der Waals surface area contributed by atoms with Gasteiger partial charge in [0.25, 0.3) is 0 Å². The van der Waals surface area contributed by atoms with Crippen molar-refractivity contribution < 1.29 is 19.4 Å². The number of carboxylic acid groups (broad SMARTS) is 1. The van der Waals surface area contributed by atoms with Gasteiger partial charge in [-0.2, -0.15) is 0 Å². The molecule has 0 amide bonds. The first-order valence-corrected chi connectivity index (χ1v) is 6.91. The van der Waals surface area contributed by atoms with Gasteiger partial charge in [-0.1, -0.05) is 0 Å². The fourth-order valence-corrected chi connectivity index (χ4v) is 2.85. The zero-order chi connectivity index (χ0) is 14.0. The smallest absolute Gasteiger partial charge is 0.336 e. The molecule has 1 aliphatic carbocycles. The van der Waals surface area contributed by atoms with Crippen LogP contribution in [-0.2, 0) is 0 Å². The lowest BCUT2D eigenvalue weighted by Crippen LogP contribution is -2.14. The minimum atomic E-state index is -1.17. The van der Waals surface area contributed by atoms with Crippen molar-refractivity contribution in [3.05, 3.63) is 28.0 Å². The molecule has 0 radical (unpaired) electrons. The molecule has 0 bridgehead atoms. The van der Waals surface area contributed by atoms with Crippen molar-refractivity contribution in [2.24, 2.45) is 5.92 Å². The van der Waals surface area contributed by atoms with Crippen molar-refractivity contribution in [3.63, 3.8) is 0 Å². The lowest BCUT2D eigenvalue weighted by atomic mass is 10.1. The van der Waals surface area contributed by atoms with Gasteiger partial charge >= 0.3 is 5.97 Å². The van der Waals surface area contributed by atoms with Gasteiger partial charge in [0.2, 0.25) is 0 Å². The minimum Gasteiger partial charge on any atom is -0.478 e. The SMILES string of the molecule is O=C(O)c1ccc(NCC2CCC(O)C2)c(F)c1Br. The molecule has 0 aromatic heterocycles. The van der Waals surface area contributed by atoms with Crippen molar-refractivity contribution in [3.8, 4) is 0 Å². The minimum absolute atomic E-state index is 0.0449. The van der Waals surface area contributed by atoms with E-state index < -0.39 is 11.8 Å². The Morgan fingerprint density at radius 3 is 2.79 bits per heavy atom. The van der Waals surface area contributed by atoms with E-state index in [1.54, 1.807) is 0 Å². The fraction of sp³-hybridized carbons (Fsp3) is 0.462. The van der Waals surface area contributed by atoms with E-state index in [4.69, 9.17) is 5.11 Å². The Morgan fingerprint density at radius 2 is 2.21 bits per heavy atom. The molecular weight excluding hydrogens is 317 g/mol. The van der Waals surface area contributed by atoms with Crippen LogP contribution in [0.15, 0.2) is 16.6 Å². The van der Waals surface area contributed by atoms with Crippen LogP contribution in [0, 0.1) is 11.7 Å². The van der Waals surface area contributed by atoms with E-state index in [2.05, 4.69) is 21.2 Å². The molecule has 6 heteroatoms. The Balaban J connectivity index is 2.05. The zero-order valence-electron chi connectivity index (χ0n) is 10.2. The van der Waals surface area contributed by atoms with Gasteiger partial charge in [-0.3, -0.25) is 0 Å². The van der Waals surface area contributed by atoms with E-state index in [0.717, 1.165) is 19.3 Å². The molecule has 0 spiro atoms. The second-order valence-electron chi connectivity index (χ2n) is 4.81. The van der Waals surface area contributed by atoms with E-state index in [1.165, 1.54) is 12.1 Å². The molecule has 2 unspecified atom stereocenters. The Bertz CT molecular complexity index is 495. The standard InChI is InChI=1S/C13H15BrFNO3/c14-11-9(13(18)19)3-4-10(12(11)15)16-6-7-1-2-8(17)5-7/h3-4,7-8,16-17H,1-2,5-6H2,(H,18,19). The molecule has 1 fully saturated rings. The topological polar surface area (TPSA) is 69.6 Å². The molecule has 0 heterocycles. The molecule has 0 aliphatic heterocycles.